The van der Waals surface area contributed by atoms with Crippen LogP contribution in [0.2, 0.25) is 0 Å². The van der Waals surface area contributed by atoms with Gasteiger partial charge in [0.2, 0.25) is 0 Å². The Balaban J connectivity index is 1.63. The Morgan fingerprint density at radius 3 is 3.05 bits per heavy atom. The summed E-state index contributed by atoms with van der Waals surface area (Å²) in [4.78, 5) is 18.2. The maximum atomic E-state index is 12.8. The van der Waals surface area contributed by atoms with Crippen molar-refractivity contribution >= 4 is 6.03 Å². The zero-order valence-electron chi connectivity index (χ0n) is 12.1. The van der Waals surface area contributed by atoms with E-state index in [-0.39, 0.29) is 24.4 Å². The summed E-state index contributed by atoms with van der Waals surface area (Å²) in [6.07, 6.45) is 5.85. The standard InChI is InChI=1S/C15H18FN5O/c16-11-4-5-12(17-9-11)10-18-15(22)21-8-2-1-3-14(21)13-6-7-19-20-13/h4-7,9,14H,1-3,8,10H2,(H,18,22)(H,19,20). The highest BCUT2D eigenvalue weighted by molar-refractivity contribution is 5.74. The van der Waals surface area contributed by atoms with Crippen molar-refractivity contribution in [1.82, 2.24) is 25.4 Å². The number of urea groups is 1. The average Bonchev–Trinajstić information content (AvgIpc) is 3.08. The highest BCUT2D eigenvalue weighted by atomic mass is 19.1. The molecule has 2 amide bonds. The van der Waals surface area contributed by atoms with E-state index >= 15 is 0 Å². The molecule has 3 rings (SSSR count). The number of nitrogens with zero attached hydrogens (tertiary/aromatic N) is 3. The van der Waals surface area contributed by atoms with Crippen LogP contribution in [0, 0.1) is 5.82 Å². The molecule has 116 valence electrons. The number of rotatable bonds is 3. The maximum absolute atomic E-state index is 12.8. The van der Waals surface area contributed by atoms with Crippen molar-refractivity contribution in [3.05, 3.63) is 47.8 Å². The van der Waals surface area contributed by atoms with Gasteiger partial charge in [0.25, 0.3) is 0 Å². The second-order valence-corrected chi connectivity index (χ2v) is 5.34. The SMILES string of the molecule is O=C(NCc1ccc(F)cn1)N1CCCCC1c1ccn[nH]1. The molecule has 2 N–H and O–H groups in total. The number of pyridine rings is 1. The predicted octanol–water partition coefficient (Wildman–Crippen LogP) is 2.38. The van der Waals surface area contributed by atoms with Gasteiger partial charge in [0, 0.05) is 12.7 Å². The molecule has 0 bridgehead atoms. The summed E-state index contributed by atoms with van der Waals surface area (Å²) in [5, 5.41) is 9.76. The highest BCUT2D eigenvalue weighted by Crippen LogP contribution is 2.29. The summed E-state index contributed by atoms with van der Waals surface area (Å²) in [6.45, 7) is 0.998. The van der Waals surface area contributed by atoms with E-state index in [9.17, 15) is 9.18 Å². The van der Waals surface area contributed by atoms with Crippen molar-refractivity contribution in [3.8, 4) is 0 Å². The summed E-state index contributed by atoms with van der Waals surface area (Å²) >= 11 is 0. The second-order valence-electron chi connectivity index (χ2n) is 5.34. The fourth-order valence-electron chi connectivity index (χ4n) is 2.73. The second kappa shape index (κ2) is 6.55. The van der Waals surface area contributed by atoms with E-state index in [0.29, 0.717) is 12.2 Å². The van der Waals surface area contributed by atoms with Crippen LogP contribution in [0.5, 0.6) is 0 Å². The number of amides is 2. The lowest BCUT2D eigenvalue weighted by Crippen LogP contribution is -2.44. The summed E-state index contributed by atoms with van der Waals surface area (Å²) in [5.41, 5.74) is 1.58. The van der Waals surface area contributed by atoms with Crippen molar-refractivity contribution < 1.29 is 9.18 Å². The molecule has 1 atom stereocenters. The van der Waals surface area contributed by atoms with E-state index in [4.69, 9.17) is 0 Å². The van der Waals surface area contributed by atoms with Crippen LogP contribution in [0.1, 0.15) is 36.7 Å². The minimum atomic E-state index is -0.384. The molecular weight excluding hydrogens is 285 g/mol. The van der Waals surface area contributed by atoms with Gasteiger partial charge in [-0.15, -0.1) is 0 Å². The van der Waals surface area contributed by atoms with Crippen LogP contribution in [0.4, 0.5) is 9.18 Å². The van der Waals surface area contributed by atoms with E-state index < -0.39 is 0 Å². The Labute approximate surface area is 127 Å². The maximum Gasteiger partial charge on any atom is 0.318 e. The van der Waals surface area contributed by atoms with Crippen LogP contribution >= 0.6 is 0 Å². The van der Waals surface area contributed by atoms with E-state index in [0.717, 1.165) is 31.2 Å². The number of hydrogen-bond donors (Lipinski definition) is 2. The summed E-state index contributed by atoms with van der Waals surface area (Å²) < 4.78 is 12.8. The quantitative estimate of drug-likeness (QED) is 0.914. The van der Waals surface area contributed by atoms with Gasteiger partial charge < -0.3 is 10.2 Å². The Morgan fingerprint density at radius 1 is 1.41 bits per heavy atom. The number of aromatic nitrogens is 3. The van der Waals surface area contributed by atoms with E-state index in [2.05, 4.69) is 20.5 Å². The van der Waals surface area contributed by atoms with Gasteiger partial charge in [0.15, 0.2) is 0 Å². The van der Waals surface area contributed by atoms with Crippen LogP contribution in [0.25, 0.3) is 0 Å². The molecule has 6 nitrogen and oxygen atoms in total. The van der Waals surface area contributed by atoms with Gasteiger partial charge in [-0.3, -0.25) is 10.1 Å². The number of nitrogens with one attached hydrogen (secondary N) is 2. The van der Waals surface area contributed by atoms with E-state index in [1.807, 2.05) is 11.0 Å². The van der Waals surface area contributed by atoms with Crippen molar-refractivity contribution in [1.29, 1.82) is 0 Å². The number of carbonyl (C=O) groups is 1. The number of hydrogen-bond acceptors (Lipinski definition) is 3. The third-order valence-electron chi connectivity index (χ3n) is 3.85. The summed E-state index contributed by atoms with van der Waals surface area (Å²) in [6, 6.07) is 4.70. The minimum absolute atomic E-state index is 0.0254. The van der Waals surface area contributed by atoms with Crippen LogP contribution in [-0.4, -0.2) is 32.7 Å². The number of likely N-dealkylation sites (tertiary alicyclic amines) is 1. The number of piperidine rings is 1. The molecule has 3 heterocycles. The Morgan fingerprint density at radius 2 is 2.32 bits per heavy atom. The molecule has 0 radical (unpaired) electrons. The van der Waals surface area contributed by atoms with Crippen molar-refractivity contribution in [3.63, 3.8) is 0 Å². The van der Waals surface area contributed by atoms with Crippen molar-refractivity contribution in [2.75, 3.05) is 6.54 Å². The first kappa shape index (κ1) is 14.5. The zero-order valence-corrected chi connectivity index (χ0v) is 12.1. The molecule has 2 aromatic heterocycles. The largest absolute Gasteiger partial charge is 0.332 e. The Hall–Kier alpha value is -2.44. The molecule has 1 fully saturated rings. The number of halogens is 1. The monoisotopic (exact) mass is 303 g/mol. The van der Waals surface area contributed by atoms with E-state index in [1.54, 1.807) is 12.3 Å². The first-order chi connectivity index (χ1) is 10.7. The molecule has 1 saturated heterocycles. The number of H-pyrrole nitrogens is 1. The molecule has 0 aliphatic carbocycles. The smallest absolute Gasteiger partial charge is 0.318 e. The van der Waals surface area contributed by atoms with Crippen LogP contribution in [0.3, 0.4) is 0 Å². The first-order valence-electron chi connectivity index (χ1n) is 7.38. The van der Waals surface area contributed by atoms with Crippen LogP contribution in [0.15, 0.2) is 30.6 Å². The normalized spacial score (nSPS) is 18.2. The van der Waals surface area contributed by atoms with Crippen molar-refractivity contribution in [2.24, 2.45) is 0 Å². The molecule has 0 aromatic carbocycles. The van der Waals surface area contributed by atoms with E-state index in [1.165, 1.54) is 6.07 Å². The lowest BCUT2D eigenvalue weighted by Gasteiger charge is -2.35. The minimum Gasteiger partial charge on any atom is -0.332 e. The van der Waals surface area contributed by atoms with Crippen LogP contribution < -0.4 is 5.32 Å². The molecule has 7 heteroatoms. The van der Waals surface area contributed by atoms with Gasteiger partial charge in [-0.25, -0.2) is 9.18 Å². The molecule has 1 aliphatic heterocycles. The van der Waals surface area contributed by atoms with Gasteiger partial charge in [-0.1, -0.05) is 0 Å². The molecule has 22 heavy (non-hydrogen) atoms. The fourth-order valence-corrected chi connectivity index (χ4v) is 2.73. The molecule has 1 aliphatic rings. The molecule has 0 saturated carbocycles. The topological polar surface area (TPSA) is 73.9 Å². The van der Waals surface area contributed by atoms with Gasteiger partial charge >= 0.3 is 6.03 Å². The van der Waals surface area contributed by atoms with Crippen LogP contribution in [-0.2, 0) is 6.54 Å². The molecule has 0 spiro atoms. The van der Waals surface area contributed by atoms with Gasteiger partial charge in [0.1, 0.15) is 5.82 Å². The number of aromatic amines is 1. The Kier molecular flexibility index (Phi) is 4.32. The average molecular weight is 303 g/mol. The summed E-state index contributed by atoms with van der Waals surface area (Å²) in [7, 11) is 0. The third kappa shape index (κ3) is 3.24. The molecule has 2 aromatic rings. The molecular formula is C15H18FN5O. The Bertz CT molecular complexity index is 613. The number of carbonyl (C=O) groups excluding carboxylic acids is 1. The predicted molar refractivity (Wildman–Crippen MR) is 78.3 cm³/mol. The lowest BCUT2D eigenvalue weighted by atomic mass is 10.00. The zero-order chi connectivity index (χ0) is 15.4. The molecule has 1 unspecified atom stereocenters. The lowest BCUT2D eigenvalue weighted by molar-refractivity contribution is 0.149. The fraction of sp³-hybridized carbons (Fsp3) is 0.400. The van der Waals surface area contributed by atoms with Crippen molar-refractivity contribution in [2.45, 2.75) is 31.8 Å². The summed E-state index contributed by atoms with van der Waals surface area (Å²) in [5.74, 6) is -0.384. The van der Waals surface area contributed by atoms with Gasteiger partial charge in [-0.05, 0) is 37.5 Å². The highest BCUT2D eigenvalue weighted by Gasteiger charge is 2.28. The van der Waals surface area contributed by atoms with Gasteiger partial charge in [0.05, 0.1) is 30.2 Å². The van der Waals surface area contributed by atoms with Gasteiger partial charge in [-0.2, -0.15) is 5.10 Å². The first-order valence-corrected chi connectivity index (χ1v) is 7.38. The third-order valence-corrected chi connectivity index (χ3v) is 3.85.